The molecule has 290 valence electrons. The molecule has 4 saturated heterocycles. The standard InChI is InChI=1S/C40H42ClF3N6O5/c1-6-27-29(43)11-8-22-14-26(54-21-52-5)15-28(30(22)27)33-32(44)34-31(35(41)45-33)36(47-37(46-34)53-20-40-12-7-13-49(40)17-23(42)16-40)48-18-24-9-10-25(19-48)50(24)38(51)55-39(2,3)4/h1,8,11,14-15,23-25H,7,9-10,12-13,16-21H2,2-5H3/t23-,24-,25+,40+/m1/s1/i1D. The van der Waals surface area contributed by atoms with Gasteiger partial charge in [-0.3, -0.25) is 9.80 Å². The van der Waals surface area contributed by atoms with Crippen molar-refractivity contribution in [2.45, 2.75) is 82.3 Å². The Balaban J connectivity index is 1.27. The molecule has 1 amide bonds. The van der Waals surface area contributed by atoms with Crippen LogP contribution in [0.15, 0.2) is 24.3 Å². The maximum atomic E-state index is 17.4. The fraction of sp³-hybridized carbons (Fsp3) is 0.500. The SMILES string of the molecule is [2H]C#Cc1c(F)ccc2cc(OCOC)cc(-c3nc(Cl)c4c(N5C[C@H]6CC[C@@H](C5)N6C(=O)OC(C)(C)C)nc(OC[C@@]56CCCN5C[C@H](F)C6)nc4c3F)c12. The van der Waals surface area contributed by atoms with E-state index >= 15 is 8.78 Å². The molecular weight excluding hydrogens is 737 g/mol. The third-order valence-electron chi connectivity index (χ3n) is 11.1. The van der Waals surface area contributed by atoms with E-state index in [1.165, 1.54) is 25.3 Å². The summed E-state index contributed by atoms with van der Waals surface area (Å²) in [5, 5.41) is 0.639. The number of fused-ring (bicyclic) bond motifs is 5. The molecule has 2 aromatic heterocycles. The number of nitrogens with zero attached hydrogens (tertiary/aromatic N) is 6. The Morgan fingerprint density at radius 3 is 2.62 bits per heavy atom. The number of benzene rings is 2. The fourth-order valence-corrected chi connectivity index (χ4v) is 9.09. The van der Waals surface area contributed by atoms with Gasteiger partial charge >= 0.3 is 12.1 Å². The lowest BCUT2D eigenvalue weighted by atomic mass is 9.95. The molecule has 4 aliphatic heterocycles. The van der Waals surface area contributed by atoms with Crippen molar-refractivity contribution in [3.63, 3.8) is 0 Å². The molecule has 2 bridgehead atoms. The summed E-state index contributed by atoms with van der Waals surface area (Å²) in [5.41, 5.74) is -1.70. The molecule has 8 rings (SSSR count). The van der Waals surface area contributed by atoms with Crippen molar-refractivity contribution in [2.75, 3.05) is 51.6 Å². The van der Waals surface area contributed by atoms with E-state index in [2.05, 4.69) is 20.8 Å². The number of carbonyl (C=O) groups is 1. The topological polar surface area (TPSA) is 102 Å². The number of anilines is 1. The molecule has 0 saturated carbocycles. The van der Waals surface area contributed by atoms with Crippen LogP contribution < -0.4 is 14.4 Å². The van der Waals surface area contributed by atoms with Crippen LogP contribution in [0.3, 0.4) is 0 Å². The van der Waals surface area contributed by atoms with Crippen LogP contribution in [-0.2, 0) is 9.47 Å². The molecule has 15 heteroatoms. The number of piperazine rings is 1. The Morgan fingerprint density at radius 2 is 1.89 bits per heavy atom. The second-order valence-corrected chi connectivity index (χ2v) is 16.2. The van der Waals surface area contributed by atoms with Crippen LogP contribution in [0.5, 0.6) is 11.8 Å². The minimum absolute atomic E-state index is 0.0965. The highest BCUT2D eigenvalue weighted by atomic mass is 35.5. The first kappa shape index (κ1) is 36.1. The Hall–Kier alpha value is -4.58. The lowest BCUT2D eigenvalue weighted by Gasteiger charge is -2.42. The summed E-state index contributed by atoms with van der Waals surface area (Å²) in [6, 6.07) is 5.26. The molecule has 2 aromatic carbocycles. The molecule has 4 aromatic rings. The molecule has 0 aliphatic carbocycles. The van der Waals surface area contributed by atoms with Crippen molar-refractivity contribution in [2.24, 2.45) is 0 Å². The number of rotatable bonds is 8. The van der Waals surface area contributed by atoms with Gasteiger partial charge in [0, 0.05) is 44.1 Å². The quantitative estimate of drug-likeness (QED) is 0.103. The molecular formula is C40H42ClF3N6O5. The number of hydrogen-bond donors (Lipinski definition) is 0. The maximum Gasteiger partial charge on any atom is 0.410 e. The summed E-state index contributed by atoms with van der Waals surface area (Å²) >= 11 is 7.03. The smallest absolute Gasteiger partial charge is 0.410 e. The van der Waals surface area contributed by atoms with Gasteiger partial charge in [0.05, 0.1) is 28.6 Å². The van der Waals surface area contributed by atoms with Gasteiger partial charge in [-0.2, -0.15) is 9.97 Å². The number of halogens is 4. The van der Waals surface area contributed by atoms with E-state index in [1.54, 1.807) is 11.0 Å². The highest BCUT2D eigenvalue weighted by Crippen LogP contribution is 2.44. The van der Waals surface area contributed by atoms with Crippen molar-refractivity contribution < 1.29 is 38.3 Å². The van der Waals surface area contributed by atoms with Gasteiger partial charge in [-0.15, -0.1) is 6.40 Å². The highest BCUT2D eigenvalue weighted by molar-refractivity contribution is 6.35. The zero-order chi connectivity index (χ0) is 39.5. The predicted octanol–water partition coefficient (Wildman–Crippen LogP) is 7.28. The number of hydrogen-bond acceptors (Lipinski definition) is 10. The second-order valence-electron chi connectivity index (χ2n) is 15.8. The molecule has 4 fully saturated rings. The number of methoxy groups -OCH3 is 1. The Labute approximate surface area is 323 Å². The molecule has 0 spiro atoms. The third-order valence-corrected chi connectivity index (χ3v) is 11.4. The van der Waals surface area contributed by atoms with Gasteiger partial charge in [0.15, 0.2) is 12.6 Å². The first-order chi connectivity index (χ1) is 26.8. The van der Waals surface area contributed by atoms with Crippen LogP contribution in [0.4, 0.5) is 23.8 Å². The number of amides is 1. The Kier molecular flexibility index (Phi) is 9.30. The molecule has 4 aliphatic rings. The molecule has 11 nitrogen and oxygen atoms in total. The first-order valence-electron chi connectivity index (χ1n) is 18.9. The molecule has 4 atom stereocenters. The number of aromatic nitrogens is 3. The first-order valence-corrected chi connectivity index (χ1v) is 18.8. The van der Waals surface area contributed by atoms with E-state index in [0.717, 1.165) is 32.2 Å². The summed E-state index contributed by atoms with van der Waals surface area (Å²) in [6.45, 7) is 7.22. The highest BCUT2D eigenvalue weighted by Gasteiger charge is 2.50. The van der Waals surface area contributed by atoms with E-state index in [4.69, 9.17) is 36.9 Å². The van der Waals surface area contributed by atoms with Crippen LogP contribution in [0.2, 0.25) is 5.15 Å². The van der Waals surface area contributed by atoms with Gasteiger partial charge in [0.1, 0.15) is 53.5 Å². The minimum Gasteiger partial charge on any atom is -0.468 e. The number of carbonyl (C=O) groups excluding carboxylic acids is 1. The molecule has 0 N–H and O–H groups in total. The Morgan fingerprint density at radius 1 is 1.11 bits per heavy atom. The summed E-state index contributed by atoms with van der Waals surface area (Å²) in [7, 11) is 1.45. The predicted molar refractivity (Wildman–Crippen MR) is 201 cm³/mol. The van der Waals surface area contributed by atoms with Crippen molar-refractivity contribution in [1.82, 2.24) is 24.8 Å². The van der Waals surface area contributed by atoms with E-state index in [-0.39, 0.29) is 81.3 Å². The van der Waals surface area contributed by atoms with Crippen LogP contribution in [0.1, 0.15) is 59.8 Å². The van der Waals surface area contributed by atoms with Crippen molar-refractivity contribution in [3.8, 4) is 35.3 Å². The summed E-state index contributed by atoms with van der Waals surface area (Å²) in [6.07, 6.45) is 4.05. The largest absolute Gasteiger partial charge is 0.468 e. The average molecular weight is 780 g/mol. The van der Waals surface area contributed by atoms with Crippen molar-refractivity contribution in [3.05, 3.63) is 46.6 Å². The Bertz CT molecular complexity index is 2270. The number of ether oxygens (including phenoxy) is 4. The second kappa shape index (κ2) is 14.2. The van der Waals surface area contributed by atoms with E-state index in [0.29, 0.717) is 31.4 Å². The van der Waals surface area contributed by atoms with Crippen molar-refractivity contribution in [1.29, 1.82) is 0 Å². The minimum atomic E-state index is -0.985. The maximum absolute atomic E-state index is 17.4. The summed E-state index contributed by atoms with van der Waals surface area (Å²) < 4.78 is 77.9. The van der Waals surface area contributed by atoms with E-state index < -0.39 is 35.0 Å². The summed E-state index contributed by atoms with van der Waals surface area (Å²) in [5.74, 6) is 1.45. The van der Waals surface area contributed by atoms with Gasteiger partial charge in [-0.1, -0.05) is 23.6 Å². The molecule has 6 heterocycles. The van der Waals surface area contributed by atoms with Gasteiger partial charge in [-0.25, -0.2) is 22.9 Å². The lowest BCUT2D eigenvalue weighted by molar-refractivity contribution is 0.0122. The third kappa shape index (κ3) is 6.74. The number of pyridine rings is 1. The van der Waals surface area contributed by atoms with Crippen LogP contribution in [0.25, 0.3) is 32.9 Å². The lowest BCUT2D eigenvalue weighted by Crippen LogP contribution is -2.57. The number of terminal acetylenes is 1. The van der Waals surface area contributed by atoms with E-state index in [1.807, 2.05) is 32.1 Å². The van der Waals surface area contributed by atoms with E-state index in [9.17, 15) is 9.18 Å². The van der Waals surface area contributed by atoms with Gasteiger partial charge in [-0.05, 0) is 76.6 Å². The monoisotopic (exact) mass is 779 g/mol. The molecule has 0 unspecified atom stereocenters. The number of alkyl halides is 1. The molecule has 0 radical (unpaired) electrons. The zero-order valence-corrected chi connectivity index (χ0v) is 31.8. The van der Waals surface area contributed by atoms with Crippen LogP contribution >= 0.6 is 11.6 Å². The summed E-state index contributed by atoms with van der Waals surface area (Å²) in [4.78, 5) is 33.1. The van der Waals surface area contributed by atoms with Gasteiger partial charge in [0.2, 0.25) is 0 Å². The zero-order valence-electron chi connectivity index (χ0n) is 32.1. The fourth-order valence-electron chi connectivity index (χ4n) is 8.83. The van der Waals surface area contributed by atoms with Crippen molar-refractivity contribution >= 4 is 45.2 Å². The van der Waals surface area contributed by atoms with Gasteiger partial charge < -0.3 is 23.8 Å². The van der Waals surface area contributed by atoms with Gasteiger partial charge in [0.25, 0.3) is 0 Å². The normalized spacial score (nSPS) is 23.9. The van der Waals surface area contributed by atoms with Crippen LogP contribution in [0, 0.1) is 24.0 Å². The van der Waals surface area contributed by atoms with Crippen LogP contribution in [-0.4, -0.2) is 107 Å². The average Bonchev–Trinajstić information content (AvgIpc) is 3.77. The molecule has 55 heavy (non-hydrogen) atoms.